The first-order chi connectivity index (χ1) is 8.16. The van der Waals surface area contributed by atoms with Gasteiger partial charge < -0.3 is 9.52 Å². The van der Waals surface area contributed by atoms with Crippen molar-refractivity contribution >= 4 is 17.7 Å². The quantitative estimate of drug-likeness (QED) is 0.663. The second-order valence-corrected chi connectivity index (χ2v) is 4.25. The monoisotopic (exact) mass is 250 g/mol. The number of aryl methyl sites for hydroxylation is 1. The van der Waals surface area contributed by atoms with Crippen molar-refractivity contribution in [2.24, 2.45) is 0 Å². The summed E-state index contributed by atoms with van der Waals surface area (Å²) in [5.74, 6) is 0.566. The molecular formula is C11H10N2O3S. The summed E-state index contributed by atoms with van der Waals surface area (Å²) in [7, 11) is 0. The van der Waals surface area contributed by atoms with Crippen molar-refractivity contribution < 1.29 is 14.3 Å². The predicted molar refractivity (Wildman–Crippen MR) is 62.0 cm³/mol. The average Bonchev–Trinajstić information content (AvgIpc) is 2.69. The lowest BCUT2D eigenvalue weighted by atomic mass is 10.2. The molecule has 0 aliphatic heterocycles. The number of carbonyl (C=O) groups is 1. The first-order valence-corrected chi connectivity index (χ1v) is 5.88. The number of aromatic carboxylic acids is 1. The van der Waals surface area contributed by atoms with Crippen LogP contribution in [0.25, 0.3) is 0 Å². The van der Waals surface area contributed by atoms with E-state index >= 15 is 0 Å². The third kappa shape index (κ3) is 2.85. The van der Waals surface area contributed by atoms with Crippen LogP contribution in [0.2, 0.25) is 0 Å². The molecule has 0 amide bonds. The van der Waals surface area contributed by atoms with Gasteiger partial charge in [0.15, 0.2) is 5.16 Å². The first kappa shape index (κ1) is 11.7. The summed E-state index contributed by atoms with van der Waals surface area (Å²) in [5, 5.41) is 9.51. The second kappa shape index (κ2) is 5.01. The number of hydrogen-bond acceptors (Lipinski definition) is 5. The highest BCUT2D eigenvalue weighted by molar-refractivity contribution is 7.98. The summed E-state index contributed by atoms with van der Waals surface area (Å²) in [4.78, 5) is 18.9. The minimum Gasteiger partial charge on any atom is -0.478 e. The van der Waals surface area contributed by atoms with Crippen molar-refractivity contribution in [1.29, 1.82) is 0 Å². The molecule has 0 radical (unpaired) electrons. The van der Waals surface area contributed by atoms with Gasteiger partial charge in [-0.3, -0.25) is 0 Å². The molecule has 0 saturated heterocycles. The molecule has 0 aliphatic carbocycles. The molecule has 0 fully saturated rings. The minimum absolute atomic E-state index is 0.203. The van der Waals surface area contributed by atoms with E-state index in [0.29, 0.717) is 22.4 Å². The van der Waals surface area contributed by atoms with Gasteiger partial charge in [0.2, 0.25) is 0 Å². The average molecular weight is 250 g/mol. The zero-order valence-electron chi connectivity index (χ0n) is 9.08. The fourth-order valence-corrected chi connectivity index (χ4v) is 2.01. The Morgan fingerprint density at radius 1 is 1.47 bits per heavy atom. The Bertz CT molecular complexity index is 525. The van der Waals surface area contributed by atoms with Crippen molar-refractivity contribution in [1.82, 2.24) is 9.97 Å². The summed E-state index contributed by atoms with van der Waals surface area (Å²) < 4.78 is 5.34. The fourth-order valence-electron chi connectivity index (χ4n) is 1.32. The topological polar surface area (TPSA) is 76.2 Å². The lowest BCUT2D eigenvalue weighted by molar-refractivity contribution is 0.0695. The van der Waals surface area contributed by atoms with E-state index < -0.39 is 5.97 Å². The molecule has 88 valence electrons. The van der Waals surface area contributed by atoms with Gasteiger partial charge in [0.1, 0.15) is 17.1 Å². The number of carboxylic acid groups (broad SMARTS) is 1. The van der Waals surface area contributed by atoms with Gasteiger partial charge in [-0.15, -0.1) is 0 Å². The number of furan rings is 1. The molecule has 2 aromatic heterocycles. The van der Waals surface area contributed by atoms with E-state index in [9.17, 15) is 4.79 Å². The molecule has 2 rings (SSSR count). The third-order valence-electron chi connectivity index (χ3n) is 2.08. The van der Waals surface area contributed by atoms with Gasteiger partial charge in [-0.05, 0) is 19.1 Å². The normalized spacial score (nSPS) is 10.4. The highest BCUT2D eigenvalue weighted by Crippen LogP contribution is 2.22. The van der Waals surface area contributed by atoms with Crippen LogP contribution in [0.4, 0.5) is 0 Å². The summed E-state index contributed by atoms with van der Waals surface area (Å²) in [6, 6.07) is 3.28. The van der Waals surface area contributed by atoms with Crippen molar-refractivity contribution in [2.75, 3.05) is 0 Å². The van der Waals surface area contributed by atoms with Gasteiger partial charge in [0.05, 0.1) is 5.75 Å². The van der Waals surface area contributed by atoms with Crippen LogP contribution in [0, 0.1) is 6.92 Å². The molecule has 2 aromatic rings. The van der Waals surface area contributed by atoms with Gasteiger partial charge in [0, 0.05) is 12.4 Å². The molecule has 1 N–H and O–H groups in total. The van der Waals surface area contributed by atoms with Crippen molar-refractivity contribution in [2.45, 2.75) is 17.8 Å². The SMILES string of the molecule is Cc1oc(CSc2ncccn2)cc1C(=O)O. The Kier molecular flexibility index (Phi) is 3.43. The van der Waals surface area contributed by atoms with E-state index in [2.05, 4.69) is 9.97 Å². The molecule has 0 unspecified atom stereocenters. The highest BCUT2D eigenvalue weighted by Gasteiger charge is 2.13. The summed E-state index contributed by atoms with van der Waals surface area (Å²) >= 11 is 1.40. The largest absolute Gasteiger partial charge is 0.478 e. The number of hydrogen-bond donors (Lipinski definition) is 1. The second-order valence-electron chi connectivity index (χ2n) is 3.31. The molecule has 0 atom stereocenters. The maximum atomic E-state index is 10.8. The van der Waals surface area contributed by atoms with Crippen LogP contribution < -0.4 is 0 Å². The minimum atomic E-state index is -0.974. The number of nitrogens with zero attached hydrogens (tertiary/aromatic N) is 2. The standard InChI is InChI=1S/C11H10N2O3S/c1-7-9(10(14)15)5-8(16-7)6-17-11-12-3-2-4-13-11/h2-5H,6H2,1H3,(H,14,15). The van der Waals surface area contributed by atoms with Gasteiger partial charge in [0.25, 0.3) is 0 Å². The summed E-state index contributed by atoms with van der Waals surface area (Å²) in [6.07, 6.45) is 3.32. The third-order valence-corrected chi connectivity index (χ3v) is 2.98. The smallest absolute Gasteiger partial charge is 0.339 e. The Morgan fingerprint density at radius 2 is 2.18 bits per heavy atom. The van der Waals surface area contributed by atoms with E-state index in [1.807, 2.05) is 0 Å². The van der Waals surface area contributed by atoms with Crippen molar-refractivity contribution in [3.63, 3.8) is 0 Å². The molecule has 0 saturated carbocycles. The molecule has 0 spiro atoms. The number of rotatable bonds is 4. The Balaban J connectivity index is 2.05. The van der Waals surface area contributed by atoms with E-state index in [0.717, 1.165) is 0 Å². The number of thioether (sulfide) groups is 1. The summed E-state index contributed by atoms with van der Waals surface area (Å²) in [5.41, 5.74) is 0.203. The molecule has 2 heterocycles. The molecule has 0 aliphatic rings. The van der Waals surface area contributed by atoms with Crippen LogP contribution >= 0.6 is 11.8 Å². The molecule has 5 nitrogen and oxygen atoms in total. The lowest BCUT2D eigenvalue weighted by Gasteiger charge is -1.95. The molecule has 17 heavy (non-hydrogen) atoms. The van der Waals surface area contributed by atoms with Gasteiger partial charge in [-0.2, -0.15) is 0 Å². The first-order valence-electron chi connectivity index (χ1n) is 4.89. The van der Waals surface area contributed by atoms with E-state index in [-0.39, 0.29) is 5.56 Å². The van der Waals surface area contributed by atoms with Crippen LogP contribution in [0.15, 0.2) is 34.1 Å². The van der Waals surface area contributed by atoms with E-state index in [4.69, 9.17) is 9.52 Å². The molecule has 0 aromatic carbocycles. The van der Waals surface area contributed by atoms with Gasteiger partial charge in [-0.25, -0.2) is 14.8 Å². The van der Waals surface area contributed by atoms with Crippen LogP contribution in [0.5, 0.6) is 0 Å². The van der Waals surface area contributed by atoms with Crippen LogP contribution in [-0.4, -0.2) is 21.0 Å². The van der Waals surface area contributed by atoms with Crippen molar-refractivity contribution in [3.8, 4) is 0 Å². The van der Waals surface area contributed by atoms with Gasteiger partial charge in [-0.1, -0.05) is 11.8 Å². The molecule has 6 heteroatoms. The highest BCUT2D eigenvalue weighted by atomic mass is 32.2. The Hall–Kier alpha value is -1.82. The van der Waals surface area contributed by atoms with Crippen molar-refractivity contribution in [3.05, 3.63) is 41.6 Å². The van der Waals surface area contributed by atoms with Crippen LogP contribution in [0.3, 0.4) is 0 Å². The van der Waals surface area contributed by atoms with Crippen LogP contribution in [-0.2, 0) is 5.75 Å². The van der Waals surface area contributed by atoms with Gasteiger partial charge >= 0.3 is 5.97 Å². The van der Waals surface area contributed by atoms with E-state index in [1.165, 1.54) is 17.8 Å². The predicted octanol–water partition coefficient (Wildman–Crippen LogP) is 2.37. The molecular weight excluding hydrogens is 240 g/mol. The van der Waals surface area contributed by atoms with Crippen LogP contribution in [0.1, 0.15) is 21.9 Å². The maximum absolute atomic E-state index is 10.8. The summed E-state index contributed by atoms with van der Waals surface area (Å²) in [6.45, 7) is 1.64. The fraction of sp³-hybridized carbons (Fsp3) is 0.182. The molecule has 0 bridgehead atoms. The zero-order valence-corrected chi connectivity index (χ0v) is 9.90. The lowest BCUT2D eigenvalue weighted by Crippen LogP contribution is -1.94. The Labute approximate surface area is 102 Å². The zero-order chi connectivity index (χ0) is 12.3. The maximum Gasteiger partial charge on any atom is 0.339 e. The number of carboxylic acids is 1. The number of aromatic nitrogens is 2. The Morgan fingerprint density at radius 3 is 2.76 bits per heavy atom. The van der Waals surface area contributed by atoms with E-state index in [1.54, 1.807) is 25.4 Å².